The van der Waals surface area contributed by atoms with E-state index in [1.807, 2.05) is 30.5 Å². The normalized spacial score (nSPS) is 16.4. The number of rotatable bonds is 4. The van der Waals surface area contributed by atoms with Gasteiger partial charge in [0.2, 0.25) is 0 Å². The quantitative estimate of drug-likeness (QED) is 0.892. The summed E-state index contributed by atoms with van der Waals surface area (Å²) in [4.78, 5) is 12.5. The third-order valence-corrected chi connectivity index (χ3v) is 3.03. The molecule has 1 aromatic rings. The van der Waals surface area contributed by atoms with Gasteiger partial charge in [-0.15, -0.1) is 0 Å². The van der Waals surface area contributed by atoms with Gasteiger partial charge in [-0.05, 0) is 17.7 Å². The summed E-state index contributed by atoms with van der Waals surface area (Å²) in [7, 11) is 1.67. The lowest BCUT2D eigenvalue weighted by Crippen LogP contribution is -2.21. The fourth-order valence-electron chi connectivity index (χ4n) is 1.95. The van der Waals surface area contributed by atoms with Gasteiger partial charge in [0.1, 0.15) is 12.1 Å². The Kier molecular flexibility index (Phi) is 3.10. The standard InChI is InChI=1S/C14H14N4O/c1-19-12-4-2-10(3-5-12)7-15-11-6-13-14(16-8-11)18-9-17-13/h2-5,8-9,15H,6-7H2,1H3. The largest absolute Gasteiger partial charge is 0.497 e. The Labute approximate surface area is 111 Å². The van der Waals surface area contributed by atoms with Crippen LogP contribution in [0.15, 0.2) is 51.1 Å². The molecule has 0 saturated carbocycles. The molecule has 1 aromatic carbocycles. The number of allylic oxidation sites excluding steroid dienone is 1. The molecule has 3 rings (SSSR count). The highest BCUT2D eigenvalue weighted by atomic mass is 16.5. The van der Waals surface area contributed by atoms with Crippen LogP contribution in [0.5, 0.6) is 5.75 Å². The molecule has 5 nitrogen and oxygen atoms in total. The first-order valence-electron chi connectivity index (χ1n) is 6.08. The number of hydrogen-bond donors (Lipinski definition) is 1. The van der Waals surface area contributed by atoms with Gasteiger partial charge in [-0.1, -0.05) is 12.1 Å². The van der Waals surface area contributed by atoms with Crippen LogP contribution in [0, 0.1) is 0 Å². The molecule has 0 spiro atoms. The molecule has 0 saturated heterocycles. The van der Waals surface area contributed by atoms with E-state index in [-0.39, 0.29) is 0 Å². The number of methoxy groups -OCH3 is 1. The van der Waals surface area contributed by atoms with Crippen LogP contribution in [0.4, 0.5) is 0 Å². The summed E-state index contributed by atoms with van der Waals surface area (Å²) in [5, 5.41) is 3.36. The lowest BCUT2D eigenvalue weighted by Gasteiger charge is -2.13. The van der Waals surface area contributed by atoms with Crippen molar-refractivity contribution in [3.63, 3.8) is 0 Å². The zero-order valence-electron chi connectivity index (χ0n) is 10.6. The fraction of sp³-hybridized carbons (Fsp3) is 0.214. The third-order valence-electron chi connectivity index (χ3n) is 3.03. The molecule has 0 aliphatic carbocycles. The van der Waals surface area contributed by atoms with Crippen molar-refractivity contribution in [3.8, 4) is 5.75 Å². The average molecular weight is 254 g/mol. The van der Waals surface area contributed by atoms with E-state index in [0.717, 1.165) is 36.0 Å². The molecule has 2 heterocycles. The van der Waals surface area contributed by atoms with Crippen molar-refractivity contribution in [2.75, 3.05) is 7.11 Å². The zero-order chi connectivity index (χ0) is 13.1. The Morgan fingerprint density at radius 2 is 2.05 bits per heavy atom. The van der Waals surface area contributed by atoms with E-state index in [2.05, 4.69) is 20.3 Å². The second kappa shape index (κ2) is 5.06. The SMILES string of the molecule is COc1ccc(CNC2=CN=C3N=CN=C3C2)cc1. The minimum absolute atomic E-state index is 0.731. The van der Waals surface area contributed by atoms with E-state index in [9.17, 15) is 0 Å². The number of ether oxygens (including phenoxy) is 1. The summed E-state index contributed by atoms with van der Waals surface area (Å²) in [6.45, 7) is 0.759. The smallest absolute Gasteiger partial charge is 0.175 e. The van der Waals surface area contributed by atoms with Crippen molar-refractivity contribution in [2.45, 2.75) is 13.0 Å². The van der Waals surface area contributed by atoms with Crippen LogP contribution in [0.1, 0.15) is 12.0 Å². The molecule has 0 bridgehead atoms. The van der Waals surface area contributed by atoms with Gasteiger partial charge in [0, 0.05) is 24.9 Å². The maximum absolute atomic E-state index is 5.13. The van der Waals surface area contributed by atoms with E-state index in [0.29, 0.717) is 0 Å². The van der Waals surface area contributed by atoms with Crippen molar-refractivity contribution < 1.29 is 4.74 Å². The van der Waals surface area contributed by atoms with Crippen molar-refractivity contribution in [1.82, 2.24) is 5.32 Å². The van der Waals surface area contributed by atoms with Gasteiger partial charge in [-0.2, -0.15) is 0 Å². The first-order chi connectivity index (χ1) is 9.35. The van der Waals surface area contributed by atoms with Gasteiger partial charge < -0.3 is 10.1 Å². The second-order valence-corrected chi connectivity index (χ2v) is 4.31. The summed E-state index contributed by atoms with van der Waals surface area (Å²) in [6.07, 6.45) is 4.13. The number of hydrogen-bond acceptors (Lipinski definition) is 5. The zero-order valence-corrected chi connectivity index (χ0v) is 10.6. The Morgan fingerprint density at radius 3 is 2.84 bits per heavy atom. The molecule has 0 aromatic heterocycles. The highest BCUT2D eigenvalue weighted by molar-refractivity contribution is 6.47. The molecule has 19 heavy (non-hydrogen) atoms. The van der Waals surface area contributed by atoms with Crippen LogP contribution in [-0.2, 0) is 6.54 Å². The Morgan fingerprint density at radius 1 is 1.21 bits per heavy atom. The first-order valence-corrected chi connectivity index (χ1v) is 6.08. The number of nitrogens with one attached hydrogen (secondary N) is 1. The fourth-order valence-corrected chi connectivity index (χ4v) is 1.95. The molecule has 0 fully saturated rings. The monoisotopic (exact) mass is 254 g/mol. The van der Waals surface area contributed by atoms with E-state index in [4.69, 9.17) is 4.74 Å². The van der Waals surface area contributed by atoms with Gasteiger partial charge in [0.15, 0.2) is 5.84 Å². The molecule has 0 atom stereocenters. The number of aliphatic imine (C=N–C) groups is 3. The third kappa shape index (κ3) is 2.54. The summed E-state index contributed by atoms with van der Waals surface area (Å²) >= 11 is 0. The second-order valence-electron chi connectivity index (χ2n) is 4.31. The van der Waals surface area contributed by atoms with Crippen molar-refractivity contribution in [2.24, 2.45) is 15.0 Å². The lowest BCUT2D eigenvalue weighted by atomic mass is 10.1. The molecular formula is C14H14N4O. The average Bonchev–Trinajstić information content (AvgIpc) is 2.93. The van der Waals surface area contributed by atoms with Crippen LogP contribution in [0.3, 0.4) is 0 Å². The summed E-state index contributed by atoms with van der Waals surface area (Å²) in [5.41, 5.74) is 3.18. The number of fused-ring (bicyclic) bond motifs is 1. The van der Waals surface area contributed by atoms with Crippen LogP contribution < -0.4 is 10.1 Å². The van der Waals surface area contributed by atoms with Crippen LogP contribution in [0.2, 0.25) is 0 Å². The molecule has 96 valence electrons. The Bertz CT molecular complexity index is 596. The first kappa shape index (κ1) is 11.6. The number of nitrogens with zero attached hydrogens (tertiary/aromatic N) is 3. The predicted molar refractivity (Wildman–Crippen MR) is 75.9 cm³/mol. The minimum Gasteiger partial charge on any atom is -0.497 e. The molecule has 5 heteroatoms. The van der Waals surface area contributed by atoms with Gasteiger partial charge in [-0.25, -0.2) is 15.0 Å². The van der Waals surface area contributed by atoms with E-state index < -0.39 is 0 Å². The maximum atomic E-state index is 5.13. The van der Waals surface area contributed by atoms with Crippen LogP contribution in [0.25, 0.3) is 0 Å². The summed E-state index contributed by atoms with van der Waals surface area (Å²) in [6, 6.07) is 8.00. The van der Waals surface area contributed by atoms with Gasteiger partial charge in [-0.3, -0.25) is 0 Å². The minimum atomic E-state index is 0.731. The summed E-state index contributed by atoms with van der Waals surface area (Å²) in [5.74, 6) is 1.60. The molecule has 0 radical (unpaired) electrons. The van der Waals surface area contributed by atoms with E-state index in [1.54, 1.807) is 13.4 Å². The van der Waals surface area contributed by atoms with Gasteiger partial charge in [0.25, 0.3) is 0 Å². The molecule has 2 aliphatic heterocycles. The van der Waals surface area contributed by atoms with Crippen molar-refractivity contribution >= 4 is 17.9 Å². The molecule has 0 unspecified atom stereocenters. The van der Waals surface area contributed by atoms with Crippen LogP contribution in [-0.4, -0.2) is 25.0 Å². The Hall–Kier alpha value is -2.43. The number of amidine groups is 1. The van der Waals surface area contributed by atoms with Gasteiger partial charge >= 0.3 is 0 Å². The lowest BCUT2D eigenvalue weighted by molar-refractivity contribution is 0.414. The molecule has 1 N–H and O–H groups in total. The highest BCUT2D eigenvalue weighted by Crippen LogP contribution is 2.14. The molecular weight excluding hydrogens is 240 g/mol. The topological polar surface area (TPSA) is 58.3 Å². The molecule has 0 amide bonds. The predicted octanol–water partition coefficient (Wildman–Crippen LogP) is 1.91. The van der Waals surface area contributed by atoms with E-state index in [1.165, 1.54) is 5.56 Å². The van der Waals surface area contributed by atoms with E-state index >= 15 is 0 Å². The van der Waals surface area contributed by atoms with Crippen molar-refractivity contribution in [1.29, 1.82) is 0 Å². The number of benzene rings is 1. The summed E-state index contributed by atoms with van der Waals surface area (Å²) < 4.78 is 5.13. The molecule has 2 aliphatic rings. The van der Waals surface area contributed by atoms with Crippen molar-refractivity contribution in [3.05, 3.63) is 41.7 Å². The Balaban J connectivity index is 1.61. The maximum Gasteiger partial charge on any atom is 0.175 e. The van der Waals surface area contributed by atoms with Gasteiger partial charge in [0.05, 0.1) is 12.8 Å². The highest BCUT2D eigenvalue weighted by Gasteiger charge is 2.17. The van der Waals surface area contributed by atoms with Crippen LogP contribution >= 0.6 is 0 Å².